The van der Waals surface area contributed by atoms with Crippen molar-refractivity contribution < 1.29 is 19.4 Å². The van der Waals surface area contributed by atoms with E-state index in [2.05, 4.69) is 17.4 Å². The highest BCUT2D eigenvalue weighted by atomic mass is 16.5. The number of fused-ring (bicyclic) bond motifs is 1. The van der Waals surface area contributed by atoms with Gasteiger partial charge in [-0.25, -0.2) is 0 Å². The molecule has 1 saturated heterocycles. The van der Waals surface area contributed by atoms with Gasteiger partial charge >= 0.3 is 5.97 Å². The van der Waals surface area contributed by atoms with Crippen molar-refractivity contribution in [2.45, 2.75) is 57.6 Å². The van der Waals surface area contributed by atoms with E-state index in [9.17, 15) is 9.90 Å². The van der Waals surface area contributed by atoms with Crippen LogP contribution in [0.2, 0.25) is 0 Å². The third-order valence-electron chi connectivity index (χ3n) is 6.40. The van der Waals surface area contributed by atoms with E-state index >= 15 is 0 Å². The SMILES string of the molecule is CCOc1ccc(C(C(=O)O)N2CC[C@@H](OCCCCc3ccc4c(n3)CCCN4)C2)cc1. The lowest BCUT2D eigenvalue weighted by molar-refractivity contribution is -0.143. The van der Waals surface area contributed by atoms with E-state index in [1.165, 1.54) is 11.4 Å². The van der Waals surface area contributed by atoms with Gasteiger partial charge in [0.15, 0.2) is 0 Å². The Hall–Kier alpha value is -2.64. The van der Waals surface area contributed by atoms with Crippen molar-refractivity contribution in [2.75, 3.05) is 38.2 Å². The van der Waals surface area contributed by atoms with Crippen LogP contribution in [0.3, 0.4) is 0 Å². The Bertz CT molecular complexity index is 918. The molecule has 2 aromatic rings. The molecule has 2 aliphatic heterocycles. The Labute approximate surface area is 196 Å². The number of unbranched alkanes of at least 4 members (excludes halogenated alkanes) is 1. The van der Waals surface area contributed by atoms with E-state index in [-0.39, 0.29) is 6.10 Å². The fourth-order valence-corrected chi connectivity index (χ4v) is 4.72. The lowest BCUT2D eigenvalue weighted by Gasteiger charge is -2.24. The first kappa shape index (κ1) is 23.5. The van der Waals surface area contributed by atoms with Gasteiger partial charge in [0.2, 0.25) is 0 Å². The number of likely N-dealkylation sites (tertiary alicyclic amines) is 1. The van der Waals surface area contributed by atoms with Crippen LogP contribution in [0.1, 0.15) is 55.6 Å². The molecule has 0 spiro atoms. The van der Waals surface area contributed by atoms with Crippen molar-refractivity contribution in [3.8, 4) is 5.75 Å². The van der Waals surface area contributed by atoms with Crippen LogP contribution in [-0.2, 0) is 22.4 Å². The number of carbonyl (C=O) groups is 1. The highest BCUT2D eigenvalue weighted by Crippen LogP contribution is 2.28. The van der Waals surface area contributed by atoms with Crippen LogP contribution in [0, 0.1) is 0 Å². The van der Waals surface area contributed by atoms with Crippen LogP contribution in [0.4, 0.5) is 5.69 Å². The predicted molar refractivity (Wildman–Crippen MR) is 128 cm³/mol. The Morgan fingerprint density at radius 2 is 2.09 bits per heavy atom. The highest BCUT2D eigenvalue weighted by molar-refractivity contribution is 5.75. The van der Waals surface area contributed by atoms with Crippen molar-refractivity contribution in [1.82, 2.24) is 9.88 Å². The number of hydrogen-bond acceptors (Lipinski definition) is 6. The second kappa shape index (κ2) is 11.5. The summed E-state index contributed by atoms with van der Waals surface area (Å²) in [5.74, 6) is -0.0668. The molecular weight excluding hydrogens is 418 g/mol. The molecule has 1 fully saturated rings. The van der Waals surface area contributed by atoms with Gasteiger partial charge in [-0.2, -0.15) is 0 Å². The van der Waals surface area contributed by atoms with Gasteiger partial charge in [0.25, 0.3) is 0 Å². The minimum absolute atomic E-state index is 0.0856. The third-order valence-corrected chi connectivity index (χ3v) is 6.40. The number of nitrogens with zero attached hydrogens (tertiary/aromatic N) is 2. The molecule has 3 heterocycles. The second-order valence-corrected chi connectivity index (χ2v) is 8.80. The average molecular weight is 454 g/mol. The standard InChI is InChI=1S/C26H35N3O4/c1-2-32-21-11-8-19(9-12-21)25(26(30)31)29-16-14-22(18-29)33-17-4-3-6-20-10-13-23-24(28-20)7-5-15-27-23/h8-13,22,25,27H,2-7,14-18H2,1H3,(H,30,31)/t22-,25?/m1/s1. The number of ether oxygens (including phenoxy) is 2. The molecule has 0 amide bonds. The number of aryl methyl sites for hydroxylation is 2. The number of carboxylic acid groups (broad SMARTS) is 1. The maximum atomic E-state index is 12.0. The molecule has 1 aromatic carbocycles. The Morgan fingerprint density at radius 3 is 2.88 bits per heavy atom. The summed E-state index contributed by atoms with van der Waals surface area (Å²) in [5.41, 5.74) is 4.31. The van der Waals surface area contributed by atoms with E-state index in [0.29, 0.717) is 19.8 Å². The molecule has 7 nitrogen and oxygen atoms in total. The first-order valence-corrected chi connectivity index (χ1v) is 12.2. The molecule has 0 radical (unpaired) electrons. The molecule has 1 unspecified atom stereocenters. The van der Waals surface area contributed by atoms with Crippen molar-refractivity contribution in [1.29, 1.82) is 0 Å². The molecule has 7 heteroatoms. The molecule has 0 saturated carbocycles. The zero-order valence-corrected chi connectivity index (χ0v) is 19.5. The maximum absolute atomic E-state index is 12.0. The van der Waals surface area contributed by atoms with Gasteiger partial charge in [-0.3, -0.25) is 14.7 Å². The van der Waals surface area contributed by atoms with E-state index < -0.39 is 12.0 Å². The molecule has 2 aliphatic rings. The predicted octanol–water partition coefficient (Wildman–Crippen LogP) is 4.08. The summed E-state index contributed by atoms with van der Waals surface area (Å²) in [6.45, 7) is 5.63. The van der Waals surface area contributed by atoms with E-state index in [1.54, 1.807) is 0 Å². The van der Waals surface area contributed by atoms with Crippen LogP contribution >= 0.6 is 0 Å². The van der Waals surface area contributed by atoms with Crippen LogP contribution in [0.15, 0.2) is 36.4 Å². The fraction of sp³-hybridized carbons (Fsp3) is 0.538. The molecule has 2 N–H and O–H groups in total. The summed E-state index contributed by atoms with van der Waals surface area (Å²) in [6.07, 6.45) is 6.14. The van der Waals surface area contributed by atoms with E-state index in [1.807, 2.05) is 36.1 Å². The smallest absolute Gasteiger partial charge is 0.325 e. The topological polar surface area (TPSA) is 83.9 Å². The van der Waals surface area contributed by atoms with Gasteiger partial charge in [0.05, 0.1) is 24.1 Å². The Morgan fingerprint density at radius 1 is 1.24 bits per heavy atom. The van der Waals surface area contributed by atoms with Crippen LogP contribution < -0.4 is 10.1 Å². The number of benzene rings is 1. The normalized spacial score (nSPS) is 19.0. The minimum Gasteiger partial charge on any atom is -0.494 e. The number of aliphatic carboxylic acids is 1. The van der Waals surface area contributed by atoms with Crippen molar-refractivity contribution in [3.05, 3.63) is 53.3 Å². The zero-order valence-electron chi connectivity index (χ0n) is 19.5. The van der Waals surface area contributed by atoms with Crippen LogP contribution in [0.25, 0.3) is 0 Å². The maximum Gasteiger partial charge on any atom is 0.325 e. The van der Waals surface area contributed by atoms with Crippen molar-refractivity contribution >= 4 is 11.7 Å². The number of hydrogen-bond donors (Lipinski definition) is 2. The molecule has 4 rings (SSSR count). The van der Waals surface area contributed by atoms with Gasteiger partial charge in [-0.05, 0) is 75.3 Å². The van der Waals surface area contributed by atoms with E-state index in [4.69, 9.17) is 14.5 Å². The minimum atomic E-state index is -0.826. The molecule has 33 heavy (non-hydrogen) atoms. The molecule has 0 bridgehead atoms. The Balaban J connectivity index is 1.20. The first-order valence-electron chi connectivity index (χ1n) is 12.2. The summed E-state index contributed by atoms with van der Waals surface area (Å²) in [6, 6.07) is 11.0. The number of rotatable bonds is 11. The highest BCUT2D eigenvalue weighted by Gasteiger charge is 2.33. The fourth-order valence-electron chi connectivity index (χ4n) is 4.72. The van der Waals surface area contributed by atoms with Gasteiger partial charge in [0.1, 0.15) is 11.8 Å². The lowest BCUT2D eigenvalue weighted by Crippen LogP contribution is -2.33. The summed E-state index contributed by atoms with van der Waals surface area (Å²) in [5, 5.41) is 13.3. The number of pyridine rings is 1. The van der Waals surface area contributed by atoms with Gasteiger partial charge in [0, 0.05) is 31.9 Å². The van der Waals surface area contributed by atoms with Crippen LogP contribution in [-0.4, -0.2) is 59.9 Å². The molecular formula is C26H35N3O4. The largest absolute Gasteiger partial charge is 0.494 e. The molecule has 0 aliphatic carbocycles. The van der Waals surface area contributed by atoms with Crippen molar-refractivity contribution in [3.63, 3.8) is 0 Å². The van der Waals surface area contributed by atoms with Gasteiger partial charge < -0.3 is 19.9 Å². The second-order valence-electron chi connectivity index (χ2n) is 8.80. The Kier molecular flexibility index (Phi) is 8.18. The lowest BCUT2D eigenvalue weighted by atomic mass is 10.1. The number of anilines is 1. The summed E-state index contributed by atoms with van der Waals surface area (Å²) in [4.78, 5) is 18.8. The van der Waals surface area contributed by atoms with Crippen molar-refractivity contribution in [2.24, 2.45) is 0 Å². The number of aromatic nitrogens is 1. The molecule has 2 atom stereocenters. The third kappa shape index (κ3) is 6.24. The summed E-state index contributed by atoms with van der Waals surface area (Å²) < 4.78 is 11.6. The molecule has 178 valence electrons. The molecule has 1 aromatic heterocycles. The summed E-state index contributed by atoms with van der Waals surface area (Å²) in [7, 11) is 0. The number of carboxylic acids is 1. The quantitative estimate of drug-likeness (QED) is 0.496. The zero-order chi connectivity index (χ0) is 23.0. The van der Waals surface area contributed by atoms with Gasteiger partial charge in [-0.1, -0.05) is 12.1 Å². The van der Waals surface area contributed by atoms with E-state index in [0.717, 1.165) is 68.6 Å². The van der Waals surface area contributed by atoms with Gasteiger partial charge in [-0.15, -0.1) is 0 Å². The van der Waals surface area contributed by atoms with Crippen LogP contribution in [0.5, 0.6) is 5.75 Å². The summed E-state index contributed by atoms with van der Waals surface area (Å²) >= 11 is 0. The monoisotopic (exact) mass is 453 g/mol. The number of nitrogens with one attached hydrogen (secondary N) is 1. The average Bonchev–Trinajstić information content (AvgIpc) is 3.28. The first-order chi connectivity index (χ1) is 16.1.